The zero-order valence-electron chi connectivity index (χ0n) is 14.0. The van der Waals surface area contributed by atoms with Gasteiger partial charge in [-0.15, -0.1) is 11.3 Å². The predicted octanol–water partition coefficient (Wildman–Crippen LogP) is 3.38. The zero-order chi connectivity index (χ0) is 17.4. The Morgan fingerprint density at radius 3 is 2.67 bits per heavy atom. The van der Waals surface area contributed by atoms with Crippen LogP contribution in [0, 0.1) is 0 Å². The molecule has 0 fully saturated rings. The monoisotopic (exact) mass is 348 g/mol. The van der Waals surface area contributed by atoms with Crippen LogP contribution in [0.4, 0.5) is 4.79 Å². The SMILES string of the molecule is COc1ccc(-c2ccc(CNC(=O)NC(C)CCCO)s2)cc1. The van der Waals surface area contributed by atoms with E-state index in [1.165, 1.54) is 0 Å². The van der Waals surface area contributed by atoms with Gasteiger partial charge in [0.1, 0.15) is 5.75 Å². The number of hydrogen-bond acceptors (Lipinski definition) is 4. The summed E-state index contributed by atoms with van der Waals surface area (Å²) in [5.41, 5.74) is 1.13. The molecule has 0 aliphatic rings. The number of nitrogens with one attached hydrogen (secondary N) is 2. The summed E-state index contributed by atoms with van der Waals surface area (Å²) in [5.74, 6) is 0.837. The van der Waals surface area contributed by atoms with E-state index in [1.54, 1.807) is 18.4 Å². The molecular formula is C18H24N2O3S. The van der Waals surface area contributed by atoms with E-state index in [4.69, 9.17) is 9.84 Å². The number of methoxy groups -OCH3 is 1. The van der Waals surface area contributed by atoms with Crippen molar-refractivity contribution in [1.29, 1.82) is 0 Å². The first-order chi connectivity index (χ1) is 11.6. The fraction of sp³-hybridized carbons (Fsp3) is 0.389. The van der Waals surface area contributed by atoms with Gasteiger partial charge in [-0.1, -0.05) is 0 Å². The molecular weight excluding hydrogens is 324 g/mol. The number of benzene rings is 1. The molecule has 2 rings (SSSR count). The average Bonchev–Trinajstić information content (AvgIpc) is 3.07. The maximum atomic E-state index is 11.8. The summed E-state index contributed by atoms with van der Waals surface area (Å²) in [6.07, 6.45) is 1.46. The van der Waals surface area contributed by atoms with Gasteiger partial charge in [-0.25, -0.2) is 4.79 Å². The highest BCUT2D eigenvalue weighted by Crippen LogP contribution is 2.29. The molecule has 1 aromatic carbocycles. The second kappa shape index (κ2) is 9.30. The summed E-state index contributed by atoms with van der Waals surface area (Å²) >= 11 is 1.66. The van der Waals surface area contributed by atoms with E-state index in [1.807, 2.05) is 37.3 Å². The molecule has 5 nitrogen and oxygen atoms in total. The smallest absolute Gasteiger partial charge is 0.315 e. The molecule has 0 aliphatic carbocycles. The van der Waals surface area contributed by atoms with Gasteiger partial charge in [-0.2, -0.15) is 0 Å². The summed E-state index contributed by atoms with van der Waals surface area (Å²) in [4.78, 5) is 14.1. The van der Waals surface area contributed by atoms with E-state index in [-0.39, 0.29) is 18.7 Å². The van der Waals surface area contributed by atoms with E-state index in [9.17, 15) is 4.79 Å². The predicted molar refractivity (Wildman–Crippen MR) is 97.5 cm³/mol. The van der Waals surface area contributed by atoms with Gasteiger partial charge in [0.2, 0.25) is 0 Å². The number of urea groups is 1. The van der Waals surface area contributed by atoms with Gasteiger partial charge >= 0.3 is 6.03 Å². The van der Waals surface area contributed by atoms with Crippen molar-refractivity contribution in [3.8, 4) is 16.2 Å². The van der Waals surface area contributed by atoms with Gasteiger partial charge in [-0.05, 0) is 61.7 Å². The minimum absolute atomic E-state index is 0.0512. The van der Waals surface area contributed by atoms with Crippen LogP contribution in [0.1, 0.15) is 24.6 Å². The molecule has 24 heavy (non-hydrogen) atoms. The summed E-state index contributed by atoms with van der Waals surface area (Å²) < 4.78 is 5.17. The minimum atomic E-state index is -0.181. The Hall–Kier alpha value is -2.05. The van der Waals surface area contributed by atoms with Crippen LogP contribution in [0.5, 0.6) is 5.75 Å². The lowest BCUT2D eigenvalue weighted by Crippen LogP contribution is -2.40. The molecule has 0 bridgehead atoms. The van der Waals surface area contributed by atoms with Crippen molar-refractivity contribution in [2.45, 2.75) is 32.4 Å². The van der Waals surface area contributed by atoms with Crippen molar-refractivity contribution in [1.82, 2.24) is 10.6 Å². The van der Waals surface area contributed by atoms with Gasteiger partial charge in [0, 0.05) is 22.4 Å². The molecule has 0 saturated carbocycles. The summed E-state index contributed by atoms with van der Waals surface area (Å²) in [6.45, 7) is 2.58. The molecule has 130 valence electrons. The van der Waals surface area contributed by atoms with Crippen LogP contribution >= 0.6 is 11.3 Å². The van der Waals surface area contributed by atoms with Crippen molar-refractivity contribution in [2.75, 3.05) is 13.7 Å². The van der Waals surface area contributed by atoms with Crippen molar-refractivity contribution >= 4 is 17.4 Å². The Bertz CT molecular complexity index is 640. The Morgan fingerprint density at radius 2 is 2.00 bits per heavy atom. The molecule has 3 N–H and O–H groups in total. The van der Waals surface area contributed by atoms with E-state index in [0.717, 1.165) is 27.5 Å². The third-order valence-corrected chi connectivity index (χ3v) is 4.77. The van der Waals surface area contributed by atoms with Crippen LogP contribution in [-0.4, -0.2) is 30.9 Å². The number of carbonyl (C=O) groups is 1. The first-order valence-electron chi connectivity index (χ1n) is 8.00. The first-order valence-corrected chi connectivity index (χ1v) is 8.82. The third kappa shape index (κ3) is 5.54. The molecule has 1 aromatic heterocycles. The first kappa shape index (κ1) is 18.3. The van der Waals surface area contributed by atoms with E-state index in [0.29, 0.717) is 13.0 Å². The quantitative estimate of drug-likeness (QED) is 0.685. The maximum absolute atomic E-state index is 11.8. The van der Waals surface area contributed by atoms with Crippen molar-refractivity contribution in [2.24, 2.45) is 0 Å². The van der Waals surface area contributed by atoms with Crippen LogP contribution in [-0.2, 0) is 6.54 Å². The molecule has 0 spiro atoms. The number of amides is 2. The van der Waals surface area contributed by atoms with Crippen LogP contribution < -0.4 is 15.4 Å². The minimum Gasteiger partial charge on any atom is -0.497 e. The molecule has 1 heterocycles. The number of aliphatic hydroxyl groups is 1. The van der Waals surface area contributed by atoms with Crippen molar-refractivity contribution in [3.63, 3.8) is 0 Å². The Kier molecular flexibility index (Phi) is 7.08. The molecule has 1 unspecified atom stereocenters. The topological polar surface area (TPSA) is 70.6 Å². The van der Waals surface area contributed by atoms with Crippen LogP contribution in [0.2, 0.25) is 0 Å². The van der Waals surface area contributed by atoms with Gasteiger partial charge in [-0.3, -0.25) is 0 Å². The average molecular weight is 348 g/mol. The van der Waals surface area contributed by atoms with Crippen molar-refractivity contribution in [3.05, 3.63) is 41.3 Å². The molecule has 1 atom stereocenters. The molecule has 0 radical (unpaired) electrons. The number of hydrogen-bond donors (Lipinski definition) is 3. The molecule has 2 amide bonds. The second-order valence-electron chi connectivity index (χ2n) is 5.59. The maximum Gasteiger partial charge on any atom is 0.315 e. The zero-order valence-corrected chi connectivity index (χ0v) is 14.9. The molecule has 0 saturated heterocycles. The summed E-state index contributed by atoms with van der Waals surface area (Å²) in [7, 11) is 1.65. The van der Waals surface area contributed by atoms with E-state index in [2.05, 4.69) is 16.7 Å². The Morgan fingerprint density at radius 1 is 1.25 bits per heavy atom. The van der Waals surface area contributed by atoms with Crippen LogP contribution in [0.25, 0.3) is 10.4 Å². The van der Waals surface area contributed by atoms with Gasteiger partial charge in [0.05, 0.1) is 13.7 Å². The van der Waals surface area contributed by atoms with E-state index < -0.39 is 0 Å². The summed E-state index contributed by atoms with van der Waals surface area (Å²) in [6, 6.07) is 11.9. The normalized spacial score (nSPS) is 11.8. The van der Waals surface area contributed by atoms with Crippen molar-refractivity contribution < 1.29 is 14.6 Å². The number of rotatable bonds is 8. The highest BCUT2D eigenvalue weighted by Gasteiger charge is 2.08. The lowest BCUT2D eigenvalue weighted by atomic mass is 10.2. The number of thiophene rings is 1. The third-order valence-electron chi connectivity index (χ3n) is 3.63. The largest absolute Gasteiger partial charge is 0.497 e. The fourth-order valence-corrected chi connectivity index (χ4v) is 3.25. The van der Waals surface area contributed by atoms with E-state index >= 15 is 0 Å². The standard InChI is InChI=1S/C18H24N2O3S/c1-13(4-3-11-21)20-18(22)19-12-16-9-10-17(24-16)14-5-7-15(23-2)8-6-14/h5-10,13,21H,3-4,11-12H2,1-2H3,(H2,19,20,22). The highest BCUT2D eigenvalue weighted by atomic mass is 32.1. The highest BCUT2D eigenvalue weighted by molar-refractivity contribution is 7.15. The molecule has 2 aromatic rings. The van der Waals surface area contributed by atoms with Gasteiger partial charge in [0.25, 0.3) is 0 Å². The summed E-state index contributed by atoms with van der Waals surface area (Å²) in [5, 5.41) is 14.5. The number of ether oxygens (including phenoxy) is 1. The number of carbonyl (C=O) groups excluding carboxylic acids is 1. The second-order valence-corrected chi connectivity index (χ2v) is 6.76. The molecule has 6 heteroatoms. The van der Waals surface area contributed by atoms with Crippen LogP contribution in [0.3, 0.4) is 0 Å². The van der Waals surface area contributed by atoms with Gasteiger partial charge < -0.3 is 20.5 Å². The number of aliphatic hydroxyl groups excluding tert-OH is 1. The Balaban J connectivity index is 1.83. The lowest BCUT2D eigenvalue weighted by molar-refractivity contribution is 0.234. The Labute approximate surface area is 146 Å². The van der Waals surface area contributed by atoms with Crippen LogP contribution in [0.15, 0.2) is 36.4 Å². The fourth-order valence-electron chi connectivity index (χ4n) is 2.30. The van der Waals surface area contributed by atoms with Gasteiger partial charge in [0.15, 0.2) is 0 Å². The molecule has 0 aliphatic heterocycles. The lowest BCUT2D eigenvalue weighted by Gasteiger charge is -2.13.